The fraction of sp³-hybridized carbons (Fsp3) is 0.333. The van der Waals surface area contributed by atoms with Gasteiger partial charge in [-0.1, -0.05) is 6.08 Å². The maximum Gasteiger partial charge on any atom is 0.243 e. The zero-order valence-electron chi connectivity index (χ0n) is 18.5. The lowest BCUT2D eigenvalue weighted by atomic mass is 10.0. The van der Waals surface area contributed by atoms with Gasteiger partial charge in [-0.05, 0) is 68.7 Å². The van der Waals surface area contributed by atoms with Gasteiger partial charge >= 0.3 is 0 Å². The third-order valence-electron chi connectivity index (χ3n) is 5.56. The molecule has 0 N–H and O–H groups in total. The number of benzene rings is 1. The fourth-order valence-electron chi connectivity index (χ4n) is 4.11. The van der Waals surface area contributed by atoms with Crippen LogP contribution in [0.5, 0.6) is 5.75 Å². The van der Waals surface area contributed by atoms with Crippen molar-refractivity contribution in [1.29, 1.82) is 0 Å². The van der Waals surface area contributed by atoms with Crippen LogP contribution < -0.4 is 4.74 Å². The molecule has 0 unspecified atom stereocenters. The standard InChI is InChI=1S/C24H27N3O4S/c1-17(2)31-20-6-7-23(18(3)15-20)32(29,30)27-11-8-19(9-12-27)22-16-26(13-14-28)24-21(22)5-4-10-25-24/h4-8,10,14-17H,9,11-13H2,1-3H3. The van der Waals surface area contributed by atoms with E-state index in [1.54, 1.807) is 31.3 Å². The molecule has 168 valence electrons. The number of carbonyl (C=O) groups is 1. The van der Waals surface area contributed by atoms with Gasteiger partial charge in [-0.25, -0.2) is 13.4 Å². The molecule has 2 aromatic heterocycles. The number of rotatable bonds is 7. The van der Waals surface area contributed by atoms with Gasteiger partial charge in [-0.15, -0.1) is 0 Å². The highest BCUT2D eigenvalue weighted by atomic mass is 32.2. The van der Waals surface area contributed by atoms with Crippen LogP contribution in [0.2, 0.25) is 0 Å². The first-order chi connectivity index (χ1) is 15.3. The van der Waals surface area contributed by atoms with Crippen molar-refractivity contribution >= 4 is 32.9 Å². The van der Waals surface area contributed by atoms with E-state index in [9.17, 15) is 13.2 Å². The van der Waals surface area contributed by atoms with Crippen LogP contribution >= 0.6 is 0 Å². The van der Waals surface area contributed by atoms with Crippen LogP contribution in [0.1, 0.15) is 31.4 Å². The van der Waals surface area contributed by atoms with Crippen molar-refractivity contribution in [3.8, 4) is 5.75 Å². The highest BCUT2D eigenvalue weighted by Crippen LogP contribution is 2.32. The Morgan fingerprint density at radius 3 is 2.72 bits per heavy atom. The topological polar surface area (TPSA) is 81.5 Å². The summed E-state index contributed by atoms with van der Waals surface area (Å²) in [5.74, 6) is 0.664. The lowest BCUT2D eigenvalue weighted by molar-refractivity contribution is -0.108. The highest BCUT2D eigenvalue weighted by Gasteiger charge is 2.28. The Balaban J connectivity index is 1.60. The number of nitrogens with zero attached hydrogens (tertiary/aromatic N) is 3. The van der Waals surface area contributed by atoms with E-state index < -0.39 is 10.0 Å². The molecule has 1 aliphatic heterocycles. The van der Waals surface area contributed by atoms with Gasteiger partial charge in [0.2, 0.25) is 10.0 Å². The van der Waals surface area contributed by atoms with Crippen molar-refractivity contribution in [3.05, 3.63) is 59.9 Å². The number of hydrogen-bond donors (Lipinski definition) is 0. The van der Waals surface area contributed by atoms with Gasteiger partial charge in [0.05, 0.1) is 17.5 Å². The first-order valence-electron chi connectivity index (χ1n) is 10.7. The van der Waals surface area contributed by atoms with Crippen molar-refractivity contribution in [1.82, 2.24) is 13.9 Å². The van der Waals surface area contributed by atoms with Crippen molar-refractivity contribution in [2.45, 2.75) is 44.7 Å². The Morgan fingerprint density at radius 1 is 1.25 bits per heavy atom. The number of carbonyl (C=O) groups excluding carboxylic acids is 1. The number of pyridine rings is 1. The van der Waals surface area contributed by atoms with Crippen LogP contribution in [-0.4, -0.2) is 47.8 Å². The van der Waals surface area contributed by atoms with Gasteiger partial charge in [-0.3, -0.25) is 0 Å². The Morgan fingerprint density at radius 2 is 2.06 bits per heavy atom. The molecule has 0 radical (unpaired) electrons. The van der Waals surface area contributed by atoms with Gasteiger partial charge in [0.25, 0.3) is 0 Å². The average molecular weight is 454 g/mol. The molecule has 1 aromatic carbocycles. The molecule has 0 amide bonds. The first-order valence-corrected chi connectivity index (χ1v) is 12.1. The summed E-state index contributed by atoms with van der Waals surface area (Å²) in [6.45, 7) is 6.58. The van der Waals surface area contributed by atoms with E-state index in [0.29, 0.717) is 35.7 Å². The molecule has 8 heteroatoms. The lowest BCUT2D eigenvalue weighted by Gasteiger charge is -2.26. The van der Waals surface area contributed by atoms with E-state index in [0.717, 1.165) is 28.5 Å². The Bertz CT molecular complexity index is 1290. The summed E-state index contributed by atoms with van der Waals surface area (Å²) in [5.41, 5.74) is 3.49. The Hall–Kier alpha value is -2.97. The summed E-state index contributed by atoms with van der Waals surface area (Å²) >= 11 is 0. The molecule has 0 saturated carbocycles. The van der Waals surface area contributed by atoms with Crippen molar-refractivity contribution in [2.24, 2.45) is 0 Å². The zero-order valence-corrected chi connectivity index (χ0v) is 19.3. The van der Waals surface area contributed by atoms with Gasteiger partial charge < -0.3 is 14.1 Å². The van der Waals surface area contributed by atoms with E-state index in [4.69, 9.17) is 4.74 Å². The lowest BCUT2D eigenvalue weighted by Crippen LogP contribution is -2.35. The molecule has 1 aliphatic rings. The number of sulfonamides is 1. The van der Waals surface area contributed by atoms with Gasteiger partial charge in [-0.2, -0.15) is 4.31 Å². The summed E-state index contributed by atoms with van der Waals surface area (Å²) in [6.07, 6.45) is 7.05. The number of aromatic nitrogens is 2. The van der Waals surface area contributed by atoms with E-state index >= 15 is 0 Å². The summed E-state index contributed by atoms with van der Waals surface area (Å²) in [7, 11) is -3.62. The third-order valence-corrected chi connectivity index (χ3v) is 7.58. The van der Waals surface area contributed by atoms with E-state index in [1.165, 1.54) is 4.31 Å². The second kappa shape index (κ2) is 8.88. The maximum absolute atomic E-state index is 13.3. The minimum atomic E-state index is -3.62. The largest absolute Gasteiger partial charge is 0.491 e. The number of aryl methyl sites for hydroxylation is 1. The van der Waals surface area contributed by atoms with Gasteiger partial charge in [0.15, 0.2) is 0 Å². The molecule has 32 heavy (non-hydrogen) atoms. The minimum Gasteiger partial charge on any atom is -0.491 e. The molecule has 0 aliphatic carbocycles. The number of ether oxygens (including phenoxy) is 1. The third kappa shape index (κ3) is 4.20. The van der Waals surface area contributed by atoms with Crippen LogP contribution in [0, 0.1) is 6.92 Å². The highest BCUT2D eigenvalue weighted by molar-refractivity contribution is 7.89. The molecule has 0 atom stereocenters. The molecule has 0 bridgehead atoms. The zero-order chi connectivity index (χ0) is 22.9. The molecule has 0 spiro atoms. The quantitative estimate of drug-likeness (QED) is 0.508. The monoisotopic (exact) mass is 453 g/mol. The Kier molecular flexibility index (Phi) is 6.17. The summed E-state index contributed by atoms with van der Waals surface area (Å²) < 4.78 is 35.6. The van der Waals surface area contributed by atoms with Crippen LogP contribution in [-0.2, 0) is 21.4 Å². The summed E-state index contributed by atoms with van der Waals surface area (Å²) in [4.78, 5) is 15.8. The maximum atomic E-state index is 13.3. The molecular formula is C24H27N3O4S. The SMILES string of the molecule is Cc1cc(OC(C)C)ccc1S(=O)(=O)N1CC=C(c2cn(CC=O)c3ncccc23)CC1. The predicted octanol–water partition coefficient (Wildman–Crippen LogP) is 3.81. The van der Waals surface area contributed by atoms with Crippen molar-refractivity contribution in [3.63, 3.8) is 0 Å². The molecular weight excluding hydrogens is 426 g/mol. The number of hydrogen-bond acceptors (Lipinski definition) is 5. The van der Waals surface area contributed by atoms with Crippen LogP contribution in [0.4, 0.5) is 0 Å². The van der Waals surface area contributed by atoms with Crippen LogP contribution in [0.15, 0.2) is 53.7 Å². The Labute approximate surface area is 188 Å². The second-order valence-corrected chi connectivity index (χ2v) is 10.1. The van der Waals surface area contributed by atoms with E-state index in [2.05, 4.69) is 4.98 Å². The number of aldehydes is 1. The first kappa shape index (κ1) is 22.2. The van der Waals surface area contributed by atoms with Crippen molar-refractivity contribution in [2.75, 3.05) is 13.1 Å². The molecule has 7 nitrogen and oxygen atoms in total. The molecule has 4 rings (SSSR count). The van der Waals surface area contributed by atoms with Gasteiger partial charge in [0.1, 0.15) is 17.7 Å². The molecule has 3 aromatic rings. The van der Waals surface area contributed by atoms with Gasteiger partial charge in [0, 0.05) is 36.4 Å². The summed E-state index contributed by atoms with van der Waals surface area (Å²) in [6, 6.07) is 8.95. The van der Waals surface area contributed by atoms with E-state index in [-0.39, 0.29) is 12.6 Å². The van der Waals surface area contributed by atoms with Crippen LogP contribution in [0.25, 0.3) is 16.6 Å². The predicted molar refractivity (Wildman–Crippen MR) is 124 cm³/mol. The fourth-order valence-corrected chi connectivity index (χ4v) is 5.69. The second-order valence-electron chi connectivity index (χ2n) is 8.17. The minimum absolute atomic E-state index is 0.0233. The normalized spacial score (nSPS) is 15.2. The van der Waals surface area contributed by atoms with Crippen molar-refractivity contribution < 1.29 is 17.9 Å². The molecule has 0 fully saturated rings. The van der Waals surface area contributed by atoms with E-state index in [1.807, 2.05) is 42.8 Å². The van der Waals surface area contributed by atoms with Crippen LogP contribution in [0.3, 0.4) is 0 Å². The molecule has 3 heterocycles. The average Bonchev–Trinajstić information content (AvgIpc) is 3.12. The summed E-state index contributed by atoms with van der Waals surface area (Å²) in [5, 5.41) is 0.966. The smallest absolute Gasteiger partial charge is 0.243 e. The number of fused-ring (bicyclic) bond motifs is 1. The molecule has 0 saturated heterocycles.